The quantitative estimate of drug-likeness (QED) is 0.910. The highest BCUT2D eigenvalue weighted by Crippen LogP contribution is 2.35. The summed E-state index contributed by atoms with van der Waals surface area (Å²) in [5.41, 5.74) is 1.78. The number of ether oxygens (including phenoxy) is 2. The van der Waals surface area contributed by atoms with E-state index in [1.807, 2.05) is 54.6 Å². The molecule has 0 aromatic heterocycles. The van der Waals surface area contributed by atoms with Gasteiger partial charge in [0.2, 0.25) is 0 Å². The highest BCUT2D eigenvalue weighted by molar-refractivity contribution is 5.68. The van der Waals surface area contributed by atoms with Crippen LogP contribution in [0.2, 0.25) is 0 Å². The first-order valence-corrected chi connectivity index (χ1v) is 7.57. The summed E-state index contributed by atoms with van der Waals surface area (Å²) in [6, 6.07) is 16.7. The van der Waals surface area contributed by atoms with Crippen LogP contribution in [0.25, 0.3) is 0 Å². The zero-order valence-electron chi connectivity index (χ0n) is 12.6. The topological polar surface area (TPSA) is 67.8 Å². The first kappa shape index (κ1) is 15.4. The van der Waals surface area contributed by atoms with Gasteiger partial charge < -0.3 is 19.9 Å². The molecule has 0 unspecified atom stereocenters. The molecule has 2 atom stereocenters. The number of benzene rings is 2. The van der Waals surface area contributed by atoms with Crippen LogP contribution < -0.4 is 10.1 Å². The van der Waals surface area contributed by atoms with Crippen LogP contribution in [0.4, 0.5) is 4.79 Å². The largest absolute Gasteiger partial charge is 0.493 e. The highest BCUT2D eigenvalue weighted by atomic mass is 16.5. The molecule has 120 valence electrons. The number of amides is 1. The van der Waals surface area contributed by atoms with Crippen molar-refractivity contribution in [2.24, 2.45) is 5.92 Å². The summed E-state index contributed by atoms with van der Waals surface area (Å²) in [5.74, 6) is 0.528. The van der Waals surface area contributed by atoms with E-state index in [9.17, 15) is 9.90 Å². The van der Waals surface area contributed by atoms with E-state index >= 15 is 0 Å². The van der Waals surface area contributed by atoms with E-state index in [2.05, 4.69) is 5.32 Å². The van der Waals surface area contributed by atoms with Crippen molar-refractivity contribution >= 4 is 6.09 Å². The summed E-state index contributed by atoms with van der Waals surface area (Å²) >= 11 is 0. The van der Waals surface area contributed by atoms with Crippen molar-refractivity contribution in [1.29, 1.82) is 0 Å². The van der Waals surface area contributed by atoms with E-state index in [0.717, 1.165) is 16.9 Å². The minimum Gasteiger partial charge on any atom is -0.493 e. The van der Waals surface area contributed by atoms with Gasteiger partial charge in [0.05, 0.1) is 19.3 Å². The lowest BCUT2D eigenvalue weighted by Crippen LogP contribution is -2.40. The molecular formula is C18H19NO4. The molecule has 0 radical (unpaired) electrons. The van der Waals surface area contributed by atoms with Crippen molar-refractivity contribution in [3.8, 4) is 5.75 Å². The van der Waals surface area contributed by atoms with Gasteiger partial charge in [0.15, 0.2) is 0 Å². The fourth-order valence-corrected chi connectivity index (χ4v) is 2.66. The lowest BCUT2D eigenvalue weighted by molar-refractivity contribution is 0.0952. The summed E-state index contributed by atoms with van der Waals surface area (Å²) in [7, 11) is 0. The van der Waals surface area contributed by atoms with E-state index in [-0.39, 0.29) is 25.2 Å². The Kier molecular flexibility index (Phi) is 4.78. The van der Waals surface area contributed by atoms with Gasteiger partial charge in [0.25, 0.3) is 0 Å². The molecule has 1 heterocycles. The molecule has 5 nitrogen and oxygen atoms in total. The van der Waals surface area contributed by atoms with Crippen molar-refractivity contribution in [3.05, 3.63) is 65.7 Å². The Morgan fingerprint density at radius 3 is 2.70 bits per heavy atom. The SMILES string of the molecule is O=C(N[C@H]1c2ccccc2OC[C@H]1CO)OCc1ccccc1. The molecule has 0 fully saturated rings. The molecule has 2 aromatic carbocycles. The van der Waals surface area contributed by atoms with Gasteiger partial charge in [-0.15, -0.1) is 0 Å². The van der Waals surface area contributed by atoms with Gasteiger partial charge in [-0.25, -0.2) is 4.79 Å². The second-order valence-electron chi connectivity index (χ2n) is 5.48. The number of carbonyl (C=O) groups is 1. The molecule has 2 aromatic rings. The normalized spacial score (nSPS) is 19.3. The molecule has 1 aliphatic heterocycles. The van der Waals surface area contributed by atoms with Crippen LogP contribution >= 0.6 is 0 Å². The van der Waals surface area contributed by atoms with Gasteiger partial charge in [-0.3, -0.25) is 0 Å². The van der Waals surface area contributed by atoms with Gasteiger partial charge in [0, 0.05) is 11.5 Å². The second-order valence-corrected chi connectivity index (χ2v) is 5.48. The minimum atomic E-state index is -0.506. The molecule has 1 aliphatic rings. The molecule has 23 heavy (non-hydrogen) atoms. The molecule has 2 N–H and O–H groups in total. The van der Waals surface area contributed by atoms with Gasteiger partial charge in [0.1, 0.15) is 12.4 Å². The monoisotopic (exact) mass is 313 g/mol. The zero-order chi connectivity index (χ0) is 16.1. The first-order valence-electron chi connectivity index (χ1n) is 7.57. The fourth-order valence-electron chi connectivity index (χ4n) is 2.66. The van der Waals surface area contributed by atoms with Crippen LogP contribution in [0.3, 0.4) is 0 Å². The Morgan fingerprint density at radius 1 is 1.17 bits per heavy atom. The van der Waals surface area contributed by atoms with Crippen molar-refractivity contribution < 1.29 is 19.4 Å². The zero-order valence-corrected chi connectivity index (χ0v) is 12.6. The molecule has 3 rings (SSSR count). The van der Waals surface area contributed by atoms with Crippen molar-refractivity contribution in [1.82, 2.24) is 5.32 Å². The Balaban J connectivity index is 1.66. The molecule has 0 saturated heterocycles. The standard InChI is InChI=1S/C18H19NO4/c20-10-14-12-22-16-9-5-4-8-15(16)17(14)19-18(21)23-11-13-6-2-1-3-7-13/h1-9,14,17,20H,10-12H2,(H,19,21)/t14-,17-/m1/s1. The van der Waals surface area contributed by atoms with Crippen molar-refractivity contribution in [3.63, 3.8) is 0 Å². The second kappa shape index (κ2) is 7.15. The average molecular weight is 313 g/mol. The number of carbonyl (C=O) groups excluding carboxylic acids is 1. The number of fused-ring (bicyclic) bond motifs is 1. The Bertz CT molecular complexity index is 659. The smallest absolute Gasteiger partial charge is 0.407 e. The van der Waals surface area contributed by atoms with E-state index in [4.69, 9.17) is 9.47 Å². The summed E-state index contributed by atoms with van der Waals surface area (Å²) in [6.45, 7) is 0.496. The molecule has 0 aliphatic carbocycles. The van der Waals surface area contributed by atoms with Gasteiger partial charge in [-0.2, -0.15) is 0 Å². The Hall–Kier alpha value is -2.53. The third-order valence-electron chi connectivity index (χ3n) is 3.90. The van der Waals surface area contributed by atoms with Crippen LogP contribution in [0, 0.1) is 5.92 Å². The van der Waals surface area contributed by atoms with Gasteiger partial charge in [-0.05, 0) is 11.6 Å². The predicted octanol–water partition coefficient (Wildman–Crippen LogP) is 2.66. The lowest BCUT2D eigenvalue weighted by atomic mass is 9.91. The number of para-hydroxylation sites is 1. The van der Waals surface area contributed by atoms with Crippen molar-refractivity contribution in [2.45, 2.75) is 12.6 Å². The number of alkyl carbamates (subject to hydrolysis) is 1. The Morgan fingerprint density at radius 2 is 1.91 bits per heavy atom. The van der Waals surface area contributed by atoms with Gasteiger partial charge >= 0.3 is 6.09 Å². The maximum Gasteiger partial charge on any atom is 0.407 e. The third-order valence-corrected chi connectivity index (χ3v) is 3.90. The lowest BCUT2D eigenvalue weighted by Gasteiger charge is -2.32. The fraction of sp³-hybridized carbons (Fsp3) is 0.278. The molecule has 5 heteroatoms. The summed E-state index contributed by atoms with van der Waals surface area (Å²) < 4.78 is 10.9. The molecule has 0 spiro atoms. The van der Waals surface area contributed by atoms with Crippen LogP contribution in [0.5, 0.6) is 5.75 Å². The van der Waals surface area contributed by atoms with E-state index in [1.54, 1.807) is 0 Å². The number of hydrogen-bond acceptors (Lipinski definition) is 4. The van der Waals surface area contributed by atoms with E-state index < -0.39 is 6.09 Å². The Labute approximate surface area is 134 Å². The molecular weight excluding hydrogens is 294 g/mol. The first-order chi connectivity index (χ1) is 11.3. The summed E-state index contributed by atoms with van der Waals surface area (Å²) in [4.78, 5) is 12.1. The van der Waals surface area contributed by atoms with Crippen LogP contribution in [-0.2, 0) is 11.3 Å². The van der Waals surface area contributed by atoms with E-state index in [0.29, 0.717) is 6.61 Å². The molecule has 1 amide bonds. The molecule has 0 bridgehead atoms. The number of rotatable bonds is 4. The average Bonchev–Trinajstić information content (AvgIpc) is 2.61. The maximum atomic E-state index is 12.1. The predicted molar refractivity (Wildman–Crippen MR) is 85.0 cm³/mol. The molecule has 0 saturated carbocycles. The minimum absolute atomic E-state index is 0.0715. The third kappa shape index (κ3) is 3.63. The number of aliphatic hydroxyl groups excluding tert-OH is 1. The van der Waals surface area contributed by atoms with Crippen LogP contribution in [0.1, 0.15) is 17.2 Å². The number of aliphatic hydroxyl groups is 1. The van der Waals surface area contributed by atoms with Gasteiger partial charge in [-0.1, -0.05) is 48.5 Å². The van der Waals surface area contributed by atoms with Crippen LogP contribution in [-0.4, -0.2) is 24.4 Å². The number of hydrogen-bond donors (Lipinski definition) is 2. The van der Waals surface area contributed by atoms with E-state index in [1.165, 1.54) is 0 Å². The number of nitrogens with one attached hydrogen (secondary N) is 1. The maximum absolute atomic E-state index is 12.1. The highest BCUT2D eigenvalue weighted by Gasteiger charge is 2.31. The summed E-state index contributed by atoms with van der Waals surface area (Å²) in [6.07, 6.45) is -0.506. The summed E-state index contributed by atoms with van der Waals surface area (Å²) in [5, 5.41) is 12.4. The van der Waals surface area contributed by atoms with Crippen LogP contribution in [0.15, 0.2) is 54.6 Å². The van der Waals surface area contributed by atoms with Crippen molar-refractivity contribution in [2.75, 3.05) is 13.2 Å².